The van der Waals surface area contributed by atoms with Crippen molar-refractivity contribution in [3.63, 3.8) is 0 Å². The zero-order valence-electron chi connectivity index (χ0n) is 18.0. The number of carbonyl (C=O) groups excluding carboxylic acids is 1. The number of carbonyl (C=O) groups is 1. The number of amides is 1. The summed E-state index contributed by atoms with van der Waals surface area (Å²) in [7, 11) is 0. The lowest BCUT2D eigenvalue weighted by Gasteiger charge is -2.16. The fourth-order valence-corrected chi connectivity index (χ4v) is 4.23. The van der Waals surface area contributed by atoms with E-state index in [2.05, 4.69) is 29.3 Å². The minimum absolute atomic E-state index is 0.157. The quantitative estimate of drug-likeness (QED) is 0.431. The van der Waals surface area contributed by atoms with Gasteiger partial charge >= 0.3 is 0 Å². The number of fused-ring (bicyclic) bond motifs is 1. The van der Waals surface area contributed by atoms with Gasteiger partial charge < -0.3 is 9.47 Å². The topological polar surface area (TPSA) is 73.8 Å². The molecule has 8 nitrogen and oxygen atoms in total. The van der Waals surface area contributed by atoms with Gasteiger partial charge in [0.2, 0.25) is 0 Å². The van der Waals surface area contributed by atoms with Crippen LogP contribution >= 0.6 is 0 Å². The van der Waals surface area contributed by atoms with Crippen molar-refractivity contribution in [2.24, 2.45) is 0 Å². The third-order valence-electron chi connectivity index (χ3n) is 5.81. The molecular formula is C25H21N7O. The summed E-state index contributed by atoms with van der Waals surface area (Å²) in [4.78, 5) is 16.5. The van der Waals surface area contributed by atoms with E-state index in [0.29, 0.717) is 18.8 Å². The third kappa shape index (κ3) is 3.32. The summed E-state index contributed by atoms with van der Waals surface area (Å²) in [6.07, 6.45) is 5.52. The summed E-state index contributed by atoms with van der Waals surface area (Å²) in [6.45, 7) is 2.96. The van der Waals surface area contributed by atoms with Crippen LogP contribution in [-0.4, -0.2) is 40.1 Å². The van der Waals surface area contributed by atoms with Gasteiger partial charge in [-0.05, 0) is 48.9 Å². The van der Waals surface area contributed by atoms with Gasteiger partial charge in [0.25, 0.3) is 5.91 Å². The number of hydrogen-bond acceptors (Lipinski definition) is 4. The molecule has 0 N–H and O–H groups in total. The molecule has 1 aliphatic heterocycles. The first kappa shape index (κ1) is 19.2. The summed E-state index contributed by atoms with van der Waals surface area (Å²) in [5.41, 5.74) is 5.22. The normalized spacial score (nSPS) is 12.8. The van der Waals surface area contributed by atoms with Crippen LogP contribution in [0.25, 0.3) is 17.2 Å². The lowest BCUT2D eigenvalue weighted by molar-refractivity contribution is 0.0742. The molecule has 5 aromatic rings. The van der Waals surface area contributed by atoms with E-state index in [1.54, 1.807) is 4.90 Å². The smallest absolute Gasteiger partial charge is 0.276 e. The number of para-hydroxylation sites is 1. The van der Waals surface area contributed by atoms with Crippen molar-refractivity contribution in [2.75, 3.05) is 0 Å². The van der Waals surface area contributed by atoms with Crippen molar-refractivity contribution in [1.29, 1.82) is 0 Å². The van der Waals surface area contributed by atoms with E-state index >= 15 is 0 Å². The summed E-state index contributed by atoms with van der Waals surface area (Å²) in [6, 6.07) is 21.8. The maximum Gasteiger partial charge on any atom is 0.276 e. The van der Waals surface area contributed by atoms with Crippen molar-refractivity contribution in [1.82, 2.24) is 34.2 Å². The Labute approximate surface area is 190 Å². The van der Waals surface area contributed by atoms with Crippen LogP contribution in [-0.2, 0) is 13.1 Å². The number of rotatable bonds is 4. The summed E-state index contributed by atoms with van der Waals surface area (Å²) < 4.78 is 4.01. The minimum atomic E-state index is -0.157. The second kappa shape index (κ2) is 7.59. The fourth-order valence-electron chi connectivity index (χ4n) is 4.23. The molecule has 4 heterocycles. The zero-order chi connectivity index (χ0) is 22.4. The van der Waals surface area contributed by atoms with Gasteiger partial charge in [-0.25, -0.2) is 4.68 Å². The molecular weight excluding hydrogens is 414 g/mol. The van der Waals surface area contributed by atoms with Crippen LogP contribution in [0.5, 0.6) is 0 Å². The fraction of sp³-hybridized carbons (Fsp3) is 0.120. The molecule has 0 aliphatic carbocycles. The lowest BCUT2D eigenvalue weighted by Crippen LogP contribution is -2.27. The van der Waals surface area contributed by atoms with E-state index in [0.717, 1.165) is 28.5 Å². The maximum absolute atomic E-state index is 13.2. The van der Waals surface area contributed by atoms with Gasteiger partial charge in [-0.15, -0.1) is 5.10 Å². The number of benzene rings is 2. The van der Waals surface area contributed by atoms with E-state index in [4.69, 9.17) is 5.10 Å². The number of aromatic nitrogens is 6. The average molecular weight is 435 g/mol. The molecule has 6 rings (SSSR count). The molecule has 0 bridgehead atoms. The summed E-state index contributed by atoms with van der Waals surface area (Å²) >= 11 is 0. The van der Waals surface area contributed by atoms with Crippen molar-refractivity contribution >= 4 is 5.91 Å². The standard InChI is InChI=1S/C25H21N7O/c1-18-8-7-11-20(14-18)31-24(29-12-5-6-13-29)21-16-30(17-23(21)27-31)25(33)22-15-26-32(28-22)19-9-3-2-4-10-19/h2-15H,16-17H2,1H3. The van der Waals surface area contributed by atoms with Crippen LogP contribution in [0.2, 0.25) is 0 Å². The van der Waals surface area contributed by atoms with Crippen LogP contribution in [0.4, 0.5) is 0 Å². The zero-order valence-corrected chi connectivity index (χ0v) is 18.0. The van der Waals surface area contributed by atoms with Gasteiger partial charge in [0.05, 0.1) is 36.4 Å². The summed E-state index contributed by atoms with van der Waals surface area (Å²) in [5.74, 6) is 0.791. The molecule has 1 amide bonds. The average Bonchev–Trinajstić information content (AvgIpc) is 3.63. The van der Waals surface area contributed by atoms with Crippen molar-refractivity contribution in [2.45, 2.75) is 20.0 Å². The van der Waals surface area contributed by atoms with Crippen molar-refractivity contribution in [3.8, 4) is 17.2 Å². The Morgan fingerprint density at radius 3 is 2.45 bits per heavy atom. The van der Waals surface area contributed by atoms with Crippen molar-refractivity contribution < 1.29 is 4.79 Å². The van der Waals surface area contributed by atoms with Crippen LogP contribution < -0.4 is 0 Å². The maximum atomic E-state index is 13.2. The highest BCUT2D eigenvalue weighted by molar-refractivity contribution is 5.92. The molecule has 162 valence electrons. The highest BCUT2D eigenvalue weighted by Crippen LogP contribution is 2.31. The van der Waals surface area contributed by atoms with Gasteiger partial charge in [-0.3, -0.25) is 4.79 Å². The minimum Gasteiger partial charge on any atom is -0.327 e. The highest BCUT2D eigenvalue weighted by atomic mass is 16.2. The predicted molar refractivity (Wildman–Crippen MR) is 123 cm³/mol. The lowest BCUT2D eigenvalue weighted by atomic mass is 10.2. The Kier molecular flexibility index (Phi) is 4.43. The van der Waals surface area contributed by atoms with E-state index in [9.17, 15) is 4.79 Å². The van der Waals surface area contributed by atoms with Gasteiger partial charge in [-0.2, -0.15) is 15.0 Å². The van der Waals surface area contributed by atoms with Gasteiger partial charge in [0, 0.05) is 18.0 Å². The van der Waals surface area contributed by atoms with Crippen LogP contribution in [0.3, 0.4) is 0 Å². The van der Waals surface area contributed by atoms with E-state index in [-0.39, 0.29) is 5.91 Å². The molecule has 0 fully saturated rings. The van der Waals surface area contributed by atoms with E-state index in [1.165, 1.54) is 16.6 Å². The monoisotopic (exact) mass is 435 g/mol. The molecule has 3 aromatic heterocycles. The summed E-state index contributed by atoms with van der Waals surface area (Å²) in [5, 5.41) is 13.6. The van der Waals surface area contributed by atoms with E-state index < -0.39 is 0 Å². The first-order valence-corrected chi connectivity index (χ1v) is 10.8. The SMILES string of the molecule is Cc1cccc(-n2nc3c(c2-n2cccc2)CN(C(=O)c2cnn(-c4ccccc4)n2)C3)c1. The third-order valence-corrected chi connectivity index (χ3v) is 5.81. The first-order chi connectivity index (χ1) is 16.2. The van der Waals surface area contributed by atoms with Crippen LogP contribution in [0.1, 0.15) is 27.3 Å². The molecule has 0 saturated carbocycles. The molecule has 8 heteroatoms. The molecule has 33 heavy (non-hydrogen) atoms. The molecule has 0 radical (unpaired) electrons. The van der Waals surface area contributed by atoms with Crippen LogP contribution in [0.15, 0.2) is 85.3 Å². The number of nitrogens with zero attached hydrogens (tertiary/aromatic N) is 7. The Morgan fingerprint density at radius 2 is 1.67 bits per heavy atom. The predicted octanol–water partition coefficient (Wildman–Crippen LogP) is 3.71. The highest BCUT2D eigenvalue weighted by Gasteiger charge is 2.32. The number of aryl methyl sites for hydroxylation is 1. The molecule has 1 aliphatic rings. The van der Waals surface area contributed by atoms with Gasteiger partial charge in [0.15, 0.2) is 5.69 Å². The van der Waals surface area contributed by atoms with Crippen molar-refractivity contribution in [3.05, 3.63) is 108 Å². The molecule has 0 atom stereocenters. The molecule has 0 saturated heterocycles. The number of hydrogen-bond donors (Lipinski definition) is 0. The van der Waals surface area contributed by atoms with Gasteiger partial charge in [-0.1, -0.05) is 30.3 Å². The molecule has 2 aromatic carbocycles. The molecule has 0 unspecified atom stereocenters. The Morgan fingerprint density at radius 1 is 0.879 bits per heavy atom. The second-order valence-electron chi connectivity index (χ2n) is 8.11. The molecule has 0 spiro atoms. The first-order valence-electron chi connectivity index (χ1n) is 10.8. The van der Waals surface area contributed by atoms with Crippen LogP contribution in [0, 0.1) is 6.92 Å². The Balaban J connectivity index is 1.33. The largest absolute Gasteiger partial charge is 0.327 e. The second-order valence-corrected chi connectivity index (χ2v) is 8.11. The Bertz CT molecular complexity index is 1450. The Hall–Kier alpha value is -4.46. The van der Waals surface area contributed by atoms with Gasteiger partial charge in [0.1, 0.15) is 5.82 Å². The van der Waals surface area contributed by atoms with E-state index in [1.807, 2.05) is 76.2 Å².